The number of aryl methyl sites for hydroxylation is 1. The molecule has 2 heterocycles. The number of aromatic carboxylic acids is 1. The van der Waals surface area contributed by atoms with E-state index >= 15 is 4.39 Å². The van der Waals surface area contributed by atoms with E-state index < -0.39 is 17.2 Å². The van der Waals surface area contributed by atoms with Crippen molar-refractivity contribution < 1.29 is 19.1 Å². The summed E-state index contributed by atoms with van der Waals surface area (Å²) in [6, 6.07) is 0.0426. The number of nitrogens with zero attached hydrogens (tertiary/aromatic N) is 3. The van der Waals surface area contributed by atoms with E-state index in [4.69, 9.17) is 11.6 Å². The van der Waals surface area contributed by atoms with Gasteiger partial charge in [0.1, 0.15) is 5.56 Å². The topological polar surface area (TPSA) is 82.8 Å². The summed E-state index contributed by atoms with van der Waals surface area (Å²) in [5.74, 6) is -2.00. The Balaban J connectivity index is 1.94. The molecular formula is C20H21ClFN3O4. The van der Waals surface area contributed by atoms with Crippen molar-refractivity contribution >= 4 is 40.1 Å². The fraction of sp³-hybridized carbons (Fsp3) is 0.450. The van der Waals surface area contributed by atoms with Gasteiger partial charge in [0, 0.05) is 50.9 Å². The second kappa shape index (κ2) is 7.02. The first kappa shape index (κ1) is 19.7. The molecule has 1 aliphatic heterocycles. The van der Waals surface area contributed by atoms with Crippen molar-refractivity contribution in [2.45, 2.75) is 32.7 Å². The summed E-state index contributed by atoms with van der Waals surface area (Å²) in [5, 5.41) is 9.56. The van der Waals surface area contributed by atoms with Crippen molar-refractivity contribution in [3.05, 3.63) is 38.4 Å². The van der Waals surface area contributed by atoms with Gasteiger partial charge >= 0.3 is 5.97 Å². The number of pyridine rings is 1. The number of carbonyl (C=O) groups excluding carboxylic acids is 1. The first-order valence-corrected chi connectivity index (χ1v) is 9.90. The molecular weight excluding hydrogens is 401 g/mol. The lowest BCUT2D eigenvalue weighted by Crippen LogP contribution is -2.48. The van der Waals surface area contributed by atoms with Gasteiger partial charge in [-0.1, -0.05) is 11.6 Å². The predicted molar refractivity (Wildman–Crippen MR) is 108 cm³/mol. The highest BCUT2D eigenvalue weighted by atomic mass is 35.5. The summed E-state index contributed by atoms with van der Waals surface area (Å²) < 4.78 is 17.1. The Kier molecular flexibility index (Phi) is 4.77. The largest absolute Gasteiger partial charge is 0.477 e. The zero-order valence-electron chi connectivity index (χ0n) is 16.2. The number of piperazine rings is 1. The first-order chi connectivity index (χ1) is 13.7. The zero-order valence-corrected chi connectivity index (χ0v) is 16.9. The predicted octanol–water partition coefficient (Wildman–Crippen LogP) is 2.80. The molecule has 1 N–H and O–H groups in total. The molecule has 0 bridgehead atoms. The molecule has 0 radical (unpaired) electrons. The van der Waals surface area contributed by atoms with E-state index in [0.29, 0.717) is 31.7 Å². The molecule has 9 heteroatoms. The Bertz CT molecular complexity index is 1100. The van der Waals surface area contributed by atoms with Crippen molar-refractivity contribution in [1.82, 2.24) is 9.47 Å². The van der Waals surface area contributed by atoms with Crippen LogP contribution >= 0.6 is 11.6 Å². The van der Waals surface area contributed by atoms with Gasteiger partial charge in [0.15, 0.2) is 5.82 Å². The number of rotatable bonds is 3. The van der Waals surface area contributed by atoms with Crippen LogP contribution in [0.2, 0.25) is 5.02 Å². The average Bonchev–Trinajstić information content (AvgIpc) is 3.51. The molecule has 4 rings (SSSR count). The second-order valence-electron chi connectivity index (χ2n) is 7.63. The highest BCUT2D eigenvalue weighted by molar-refractivity contribution is 6.38. The molecule has 1 aromatic heterocycles. The third kappa shape index (κ3) is 3.15. The van der Waals surface area contributed by atoms with Crippen LogP contribution in [0, 0.1) is 12.7 Å². The van der Waals surface area contributed by atoms with Crippen molar-refractivity contribution in [3.8, 4) is 0 Å². The third-order valence-electron chi connectivity index (χ3n) is 5.77. The fourth-order valence-corrected chi connectivity index (χ4v) is 4.41. The van der Waals surface area contributed by atoms with Crippen LogP contribution in [-0.2, 0) is 4.79 Å². The number of benzene rings is 1. The fourth-order valence-electron chi connectivity index (χ4n) is 4.02. The van der Waals surface area contributed by atoms with E-state index in [2.05, 4.69) is 0 Å². The highest BCUT2D eigenvalue weighted by Crippen LogP contribution is 2.43. The van der Waals surface area contributed by atoms with Gasteiger partial charge in [0.25, 0.3) is 0 Å². The number of aromatic nitrogens is 1. The lowest BCUT2D eigenvalue weighted by molar-refractivity contribution is -0.129. The molecule has 1 amide bonds. The minimum atomic E-state index is -1.34. The average molecular weight is 422 g/mol. The highest BCUT2D eigenvalue weighted by Gasteiger charge is 2.32. The SMILES string of the molecule is CC(=O)N1CCN(c2c(F)c(C)c3c(=O)c(C(=O)O)cn(C4CC4)c3c2Cl)CC1. The zero-order chi connectivity index (χ0) is 21.0. The Morgan fingerprint density at radius 1 is 1.21 bits per heavy atom. The molecule has 2 fully saturated rings. The Morgan fingerprint density at radius 2 is 1.83 bits per heavy atom. The first-order valence-electron chi connectivity index (χ1n) is 9.52. The van der Waals surface area contributed by atoms with Crippen molar-refractivity contribution in [3.63, 3.8) is 0 Å². The second-order valence-corrected chi connectivity index (χ2v) is 8.01. The molecule has 2 aromatic rings. The summed E-state index contributed by atoms with van der Waals surface area (Å²) in [4.78, 5) is 39.4. The smallest absolute Gasteiger partial charge is 0.341 e. The van der Waals surface area contributed by atoms with Gasteiger partial charge in [0.2, 0.25) is 11.3 Å². The van der Waals surface area contributed by atoms with Crippen LogP contribution in [0.4, 0.5) is 10.1 Å². The van der Waals surface area contributed by atoms with Gasteiger partial charge in [-0.25, -0.2) is 9.18 Å². The molecule has 154 valence electrons. The normalized spacial score (nSPS) is 17.1. The van der Waals surface area contributed by atoms with E-state index in [1.807, 2.05) is 0 Å². The van der Waals surface area contributed by atoms with Crippen LogP contribution in [0.3, 0.4) is 0 Å². The van der Waals surface area contributed by atoms with Crippen LogP contribution in [0.25, 0.3) is 10.9 Å². The van der Waals surface area contributed by atoms with Crippen LogP contribution in [-0.4, -0.2) is 52.6 Å². The number of carboxylic acids is 1. The van der Waals surface area contributed by atoms with Gasteiger partial charge in [-0.2, -0.15) is 0 Å². The van der Waals surface area contributed by atoms with Crippen molar-refractivity contribution in [2.75, 3.05) is 31.1 Å². The molecule has 7 nitrogen and oxygen atoms in total. The van der Waals surface area contributed by atoms with Gasteiger partial charge < -0.3 is 19.5 Å². The molecule has 1 aliphatic carbocycles. The summed E-state index contributed by atoms with van der Waals surface area (Å²) in [6.07, 6.45) is 3.01. The van der Waals surface area contributed by atoms with E-state index in [1.165, 1.54) is 20.0 Å². The van der Waals surface area contributed by atoms with E-state index in [9.17, 15) is 19.5 Å². The lowest BCUT2D eigenvalue weighted by Gasteiger charge is -2.36. The van der Waals surface area contributed by atoms with Gasteiger partial charge in [-0.3, -0.25) is 9.59 Å². The Labute approximate surface area is 171 Å². The van der Waals surface area contributed by atoms with E-state index in [1.54, 1.807) is 14.4 Å². The summed E-state index contributed by atoms with van der Waals surface area (Å²) in [7, 11) is 0. The minimum Gasteiger partial charge on any atom is -0.477 e. The maximum Gasteiger partial charge on any atom is 0.341 e. The summed E-state index contributed by atoms with van der Waals surface area (Å²) in [5.41, 5.74) is -0.429. The van der Waals surface area contributed by atoms with Gasteiger partial charge in [-0.15, -0.1) is 0 Å². The minimum absolute atomic E-state index is 0.0189. The summed E-state index contributed by atoms with van der Waals surface area (Å²) >= 11 is 6.66. The van der Waals surface area contributed by atoms with Gasteiger partial charge in [0.05, 0.1) is 21.6 Å². The third-order valence-corrected chi connectivity index (χ3v) is 6.13. The molecule has 29 heavy (non-hydrogen) atoms. The van der Waals surface area contributed by atoms with Crippen LogP contribution in [0.5, 0.6) is 0 Å². The van der Waals surface area contributed by atoms with Gasteiger partial charge in [-0.05, 0) is 19.8 Å². The summed E-state index contributed by atoms with van der Waals surface area (Å²) in [6.45, 7) is 4.72. The maximum absolute atomic E-state index is 15.4. The van der Waals surface area contributed by atoms with Crippen LogP contribution in [0.15, 0.2) is 11.0 Å². The molecule has 1 saturated carbocycles. The number of anilines is 1. The molecule has 0 spiro atoms. The number of hydrogen-bond acceptors (Lipinski definition) is 4. The monoisotopic (exact) mass is 421 g/mol. The number of amides is 1. The number of fused-ring (bicyclic) bond motifs is 1. The molecule has 1 saturated heterocycles. The van der Waals surface area contributed by atoms with E-state index in [0.717, 1.165) is 12.8 Å². The maximum atomic E-state index is 15.4. The number of carbonyl (C=O) groups is 2. The van der Waals surface area contributed by atoms with Crippen LogP contribution < -0.4 is 10.3 Å². The molecule has 2 aliphatic rings. The standard InChI is InChI=1S/C20H21ClFN3O4/c1-10-14-17(25(12-3-4-12)9-13(19(14)27)20(28)29)15(21)18(16(10)22)24-7-5-23(6-8-24)11(2)26/h9,12H,3-8H2,1-2H3,(H,28,29). The number of hydrogen-bond donors (Lipinski definition) is 1. The van der Waals surface area contributed by atoms with Crippen molar-refractivity contribution in [2.24, 2.45) is 0 Å². The Morgan fingerprint density at radius 3 is 2.34 bits per heavy atom. The van der Waals surface area contributed by atoms with Crippen molar-refractivity contribution in [1.29, 1.82) is 0 Å². The van der Waals surface area contributed by atoms with E-state index in [-0.39, 0.29) is 39.2 Å². The lowest BCUT2D eigenvalue weighted by atomic mass is 10.0. The molecule has 1 aromatic carbocycles. The number of carboxylic acid groups (broad SMARTS) is 1. The van der Waals surface area contributed by atoms with Crippen LogP contribution in [0.1, 0.15) is 41.7 Å². The Hall–Kier alpha value is -2.61. The quantitative estimate of drug-likeness (QED) is 0.824. The molecule has 0 atom stereocenters. The molecule has 0 unspecified atom stereocenters. The number of halogens is 2.